The standard InChI is InChI=1S/C11H24N2O2/c1-2-3-11(14)10-12-4-5-13-6-8-15-9-7-13/h11-12,14H,2-10H2,1H3. The van der Waals surface area contributed by atoms with E-state index in [4.69, 9.17) is 4.74 Å². The second kappa shape index (κ2) is 8.05. The van der Waals surface area contributed by atoms with Gasteiger partial charge in [0.25, 0.3) is 0 Å². The molecule has 1 rings (SSSR count). The van der Waals surface area contributed by atoms with Crippen LogP contribution in [0, 0.1) is 0 Å². The highest BCUT2D eigenvalue weighted by Crippen LogP contribution is 1.96. The second-order valence-corrected chi connectivity index (χ2v) is 4.10. The van der Waals surface area contributed by atoms with Crippen LogP contribution < -0.4 is 5.32 Å². The number of morpholine rings is 1. The van der Waals surface area contributed by atoms with Crippen molar-refractivity contribution >= 4 is 0 Å². The number of hydrogen-bond donors (Lipinski definition) is 2. The van der Waals surface area contributed by atoms with Crippen LogP contribution >= 0.6 is 0 Å². The molecule has 1 fully saturated rings. The molecule has 0 aromatic carbocycles. The molecular weight excluding hydrogens is 192 g/mol. The van der Waals surface area contributed by atoms with Gasteiger partial charge in [-0.2, -0.15) is 0 Å². The fourth-order valence-electron chi connectivity index (χ4n) is 1.77. The number of nitrogens with one attached hydrogen (secondary N) is 1. The van der Waals surface area contributed by atoms with Crippen LogP contribution in [0.3, 0.4) is 0 Å². The average Bonchev–Trinajstić information content (AvgIpc) is 2.26. The molecule has 0 radical (unpaired) electrons. The quantitative estimate of drug-likeness (QED) is 0.591. The van der Waals surface area contributed by atoms with Crippen molar-refractivity contribution in [3.05, 3.63) is 0 Å². The summed E-state index contributed by atoms with van der Waals surface area (Å²) in [7, 11) is 0. The van der Waals surface area contributed by atoms with Crippen LogP contribution in [0.4, 0.5) is 0 Å². The first-order valence-corrected chi connectivity index (χ1v) is 6.01. The molecule has 4 nitrogen and oxygen atoms in total. The number of nitrogens with zero attached hydrogens (tertiary/aromatic N) is 1. The Morgan fingerprint density at radius 3 is 2.80 bits per heavy atom. The van der Waals surface area contributed by atoms with Gasteiger partial charge in [-0.15, -0.1) is 0 Å². The van der Waals surface area contributed by atoms with E-state index >= 15 is 0 Å². The summed E-state index contributed by atoms with van der Waals surface area (Å²) < 4.78 is 5.27. The van der Waals surface area contributed by atoms with E-state index in [1.807, 2.05) is 0 Å². The first kappa shape index (κ1) is 12.9. The molecule has 4 heteroatoms. The highest BCUT2D eigenvalue weighted by molar-refractivity contribution is 4.64. The molecule has 15 heavy (non-hydrogen) atoms. The summed E-state index contributed by atoms with van der Waals surface area (Å²) in [6, 6.07) is 0. The van der Waals surface area contributed by atoms with E-state index in [1.165, 1.54) is 0 Å². The number of hydrogen-bond acceptors (Lipinski definition) is 4. The van der Waals surface area contributed by atoms with Gasteiger partial charge in [0, 0.05) is 32.7 Å². The van der Waals surface area contributed by atoms with E-state index in [0.717, 1.165) is 58.8 Å². The van der Waals surface area contributed by atoms with Crippen molar-refractivity contribution in [1.29, 1.82) is 0 Å². The van der Waals surface area contributed by atoms with Crippen molar-refractivity contribution < 1.29 is 9.84 Å². The molecule has 90 valence electrons. The minimum Gasteiger partial charge on any atom is -0.392 e. The molecule has 0 aromatic heterocycles. The van der Waals surface area contributed by atoms with Gasteiger partial charge in [0.15, 0.2) is 0 Å². The zero-order valence-electron chi connectivity index (χ0n) is 9.74. The molecule has 1 unspecified atom stereocenters. The lowest BCUT2D eigenvalue weighted by Gasteiger charge is -2.26. The molecule has 0 aliphatic carbocycles. The smallest absolute Gasteiger partial charge is 0.0664 e. The summed E-state index contributed by atoms with van der Waals surface area (Å²) >= 11 is 0. The van der Waals surface area contributed by atoms with Gasteiger partial charge >= 0.3 is 0 Å². The summed E-state index contributed by atoms with van der Waals surface area (Å²) in [4.78, 5) is 2.39. The maximum atomic E-state index is 9.49. The summed E-state index contributed by atoms with van der Waals surface area (Å²) in [6.07, 6.45) is 1.76. The van der Waals surface area contributed by atoms with Crippen molar-refractivity contribution in [3.63, 3.8) is 0 Å². The molecule has 1 aliphatic heterocycles. The van der Waals surface area contributed by atoms with Crippen molar-refractivity contribution in [2.45, 2.75) is 25.9 Å². The molecule has 0 bridgehead atoms. The molecule has 0 amide bonds. The molecule has 1 aliphatic rings. The topological polar surface area (TPSA) is 44.7 Å². The molecule has 1 heterocycles. The molecule has 0 aromatic rings. The van der Waals surface area contributed by atoms with Crippen molar-refractivity contribution in [1.82, 2.24) is 10.2 Å². The van der Waals surface area contributed by atoms with Crippen LogP contribution in [0.15, 0.2) is 0 Å². The highest BCUT2D eigenvalue weighted by atomic mass is 16.5. The third kappa shape index (κ3) is 6.10. The fraction of sp³-hybridized carbons (Fsp3) is 1.00. The van der Waals surface area contributed by atoms with Crippen LogP contribution in [0.25, 0.3) is 0 Å². The van der Waals surface area contributed by atoms with E-state index in [-0.39, 0.29) is 6.10 Å². The highest BCUT2D eigenvalue weighted by Gasteiger charge is 2.09. The Labute approximate surface area is 92.6 Å². The molecule has 1 atom stereocenters. The fourth-order valence-corrected chi connectivity index (χ4v) is 1.77. The molecule has 0 spiro atoms. The van der Waals surface area contributed by atoms with Gasteiger partial charge in [-0.3, -0.25) is 4.90 Å². The van der Waals surface area contributed by atoms with Crippen LogP contribution in [0.5, 0.6) is 0 Å². The third-order valence-electron chi connectivity index (χ3n) is 2.71. The summed E-state index contributed by atoms with van der Waals surface area (Å²) in [6.45, 7) is 8.63. The van der Waals surface area contributed by atoms with Crippen molar-refractivity contribution in [2.24, 2.45) is 0 Å². The number of rotatable bonds is 7. The van der Waals surface area contributed by atoms with Gasteiger partial charge in [-0.1, -0.05) is 13.3 Å². The zero-order chi connectivity index (χ0) is 10.9. The number of ether oxygens (including phenoxy) is 1. The van der Waals surface area contributed by atoms with Gasteiger partial charge in [0.1, 0.15) is 0 Å². The number of aliphatic hydroxyl groups excluding tert-OH is 1. The van der Waals surface area contributed by atoms with Gasteiger partial charge < -0.3 is 15.2 Å². The summed E-state index contributed by atoms with van der Waals surface area (Å²) in [5.41, 5.74) is 0. The first-order chi connectivity index (χ1) is 7.33. The van der Waals surface area contributed by atoms with Gasteiger partial charge in [-0.25, -0.2) is 0 Å². The van der Waals surface area contributed by atoms with E-state index in [9.17, 15) is 5.11 Å². The van der Waals surface area contributed by atoms with E-state index < -0.39 is 0 Å². The minimum atomic E-state index is -0.181. The van der Waals surface area contributed by atoms with Crippen LogP contribution in [0.1, 0.15) is 19.8 Å². The second-order valence-electron chi connectivity index (χ2n) is 4.10. The van der Waals surface area contributed by atoms with E-state index in [2.05, 4.69) is 17.1 Å². The average molecular weight is 216 g/mol. The summed E-state index contributed by atoms with van der Waals surface area (Å²) in [5, 5.41) is 12.8. The lowest BCUT2D eigenvalue weighted by Crippen LogP contribution is -2.41. The number of aliphatic hydroxyl groups is 1. The monoisotopic (exact) mass is 216 g/mol. The third-order valence-corrected chi connectivity index (χ3v) is 2.71. The lowest BCUT2D eigenvalue weighted by molar-refractivity contribution is 0.0379. The SMILES string of the molecule is CCCC(O)CNCCN1CCOCC1. The minimum absolute atomic E-state index is 0.181. The Morgan fingerprint density at radius 1 is 1.40 bits per heavy atom. The van der Waals surface area contributed by atoms with E-state index in [1.54, 1.807) is 0 Å². The summed E-state index contributed by atoms with van der Waals surface area (Å²) in [5.74, 6) is 0. The molecule has 1 saturated heterocycles. The van der Waals surface area contributed by atoms with E-state index in [0.29, 0.717) is 0 Å². The molecule has 0 saturated carbocycles. The van der Waals surface area contributed by atoms with Gasteiger partial charge in [0.05, 0.1) is 19.3 Å². The molecule has 2 N–H and O–H groups in total. The largest absolute Gasteiger partial charge is 0.392 e. The van der Waals surface area contributed by atoms with Gasteiger partial charge in [-0.05, 0) is 6.42 Å². The van der Waals surface area contributed by atoms with Gasteiger partial charge in [0.2, 0.25) is 0 Å². The van der Waals surface area contributed by atoms with Crippen molar-refractivity contribution in [3.8, 4) is 0 Å². The Bertz CT molecular complexity index is 150. The Morgan fingerprint density at radius 2 is 2.13 bits per heavy atom. The molecular formula is C11H24N2O2. The van der Waals surface area contributed by atoms with Crippen molar-refractivity contribution in [2.75, 3.05) is 45.9 Å². The maximum Gasteiger partial charge on any atom is 0.0664 e. The predicted octanol–water partition coefficient (Wildman–Crippen LogP) is 0.0692. The normalized spacial score (nSPS) is 20.4. The zero-order valence-corrected chi connectivity index (χ0v) is 9.74. The Kier molecular flexibility index (Phi) is 6.92. The van der Waals surface area contributed by atoms with Crippen LogP contribution in [-0.2, 0) is 4.74 Å². The first-order valence-electron chi connectivity index (χ1n) is 6.01. The van der Waals surface area contributed by atoms with Crippen LogP contribution in [0.2, 0.25) is 0 Å². The Balaban J connectivity index is 1.91. The lowest BCUT2D eigenvalue weighted by atomic mass is 10.2. The maximum absolute atomic E-state index is 9.49. The van der Waals surface area contributed by atoms with Crippen LogP contribution in [-0.4, -0.2) is 62.0 Å². The Hall–Kier alpha value is -0.160. The predicted molar refractivity (Wildman–Crippen MR) is 61.0 cm³/mol.